The van der Waals surface area contributed by atoms with Crippen LogP contribution >= 0.6 is 0 Å². The molecule has 1 unspecified atom stereocenters. The molecule has 1 N–H and O–H groups in total. The van der Waals surface area contributed by atoms with Crippen LogP contribution in [0.4, 0.5) is 5.82 Å². The maximum absolute atomic E-state index is 5.02. The summed E-state index contributed by atoms with van der Waals surface area (Å²) in [5, 5.41) is 14.6. The van der Waals surface area contributed by atoms with Crippen molar-refractivity contribution >= 4 is 11.5 Å². The number of nitrogens with one attached hydrogen (secondary N) is 1. The first-order valence-electron chi connectivity index (χ1n) is 5.09. The Bertz CT molecular complexity index is 456. The minimum Gasteiger partial charge on any atom is -0.385 e. The number of tetrazole rings is 1. The summed E-state index contributed by atoms with van der Waals surface area (Å²) in [6.07, 6.45) is 4.23. The Hall–Kier alpha value is -1.76. The molecule has 0 radical (unpaired) electrons. The summed E-state index contributed by atoms with van der Waals surface area (Å²) in [5.41, 5.74) is 0.629. The van der Waals surface area contributed by atoms with E-state index in [-0.39, 0.29) is 6.04 Å². The highest BCUT2D eigenvalue weighted by Crippen LogP contribution is 2.08. The highest BCUT2D eigenvalue weighted by atomic mass is 16.5. The second-order valence-corrected chi connectivity index (χ2v) is 3.57. The first kappa shape index (κ1) is 10.7. The van der Waals surface area contributed by atoms with Crippen LogP contribution in [0.2, 0.25) is 0 Å². The van der Waals surface area contributed by atoms with E-state index >= 15 is 0 Å². The molecule has 7 nitrogen and oxygen atoms in total. The number of fused-ring (bicyclic) bond motifs is 1. The molecule has 2 aromatic heterocycles. The van der Waals surface area contributed by atoms with E-state index in [0.717, 1.165) is 12.2 Å². The summed E-state index contributed by atoms with van der Waals surface area (Å²) >= 11 is 0. The van der Waals surface area contributed by atoms with Gasteiger partial charge in [0.25, 0.3) is 0 Å². The minimum absolute atomic E-state index is 0.275. The van der Waals surface area contributed by atoms with Crippen LogP contribution in [0, 0.1) is 0 Å². The second-order valence-electron chi connectivity index (χ2n) is 3.57. The van der Waals surface area contributed by atoms with Gasteiger partial charge in [0.1, 0.15) is 0 Å². The molecule has 86 valence electrons. The largest absolute Gasteiger partial charge is 0.385 e. The molecule has 0 aliphatic heterocycles. The molecule has 0 saturated heterocycles. The summed E-state index contributed by atoms with van der Waals surface area (Å²) in [5.74, 6) is 0.783. The number of nitrogens with zero attached hydrogens (tertiary/aromatic N) is 5. The van der Waals surface area contributed by atoms with Crippen molar-refractivity contribution in [3.05, 3.63) is 12.4 Å². The van der Waals surface area contributed by atoms with Crippen molar-refractivity contribution < 1.29 is 4.74 Å². The highest BCUT2D eigenvalue weighted by Gasteiger charge is 2.07. The van der Waals surface area contributed by atoms with E-state index in [1.165, 1.54) is 0 Å². The molecule has 0 fully saturated rings. The van der Waals surface area contributed by atoms with Crippen molar-refractivity contribution in [3.8, 4) is 0 Å². The number of rotatable bonds is 5. The Labute approximate surface area is 92.8 Å². The Morgan fingerprint density at radius 3 is 3.19 bits per heavy atom. The molecule has 0 bridgehead atoms. The topological polar surface area (TPSA) is 77.2 Å². The number of hydrogen-bond donors (Lipinski definition) is 1. The number of anilines is 1. The van der Waals surface area contributed by atoms with Gasteiger partial charge in [0, 0.05) is 19.8 Å². The van der Waals surface area contributed by atoms with E-state index in [2.05, 4.69) is 32.7 Å². The predicted molar refractivity (Wildman–Crippen MR) is 58.2 cm³/mol. The van der Waals surface area contributed by atoms with E-state index in [1.54, 1.807) is 24.0 Å². The minimum atomic E-state index is 0.275. The average Bonchev–Trinajstić information content (AvgIpc) is 2.75. The zero-order valence-corrected chi connectivity index (χ0v) is 9.29. The van der Waals surface area contributed by atoms with Crippen LogP contribution in [0.15, 0.2) is 12.4 Å². The van der Waals surface area contributed by atoms with E-state index in [1.807, 2.05) is 0 Å². The van der Waals surface area contributed by atoms with E-state index < -0.39 is 0 Å². The molecule has 7 heteroatoms. The third-order valence-corrected chi connectivity index (χ3v) is 2.26. The lowest BCUT2D eigenvalue weighted by molar-refractivity contribution is 0.191. The fourth-order valence-electron chi connectivity index (χ4n) is 1.39. The fraction of sp³-hybridized carbons (Fsp3) is 0.556. The van der Waals surface area contributed by atoms with Gasteiger partial charge >= 0.3 is 0 Å². The van der Waals surface area contributed by atoms with Crippen LogP contribution in [0.5, 0.6) is 0 Å². The van der Waals surface area contributed by atoms with Gasteiger partial charge in [0.2, 0.25) is 0 Å². The fourth-order valence-corrected chi connectivity index (χ4v) is 1.39. The lowest BCUT2D eigenvalue weighted by Crippen LogP contribution is -2.19. The van der Waals surface area contributed by atoms with Gasteiger partial charge in [-0.2, -0.15) is 4.52 Å². The maximum Gasteiger partial charge on any atom is 0.199 e. The van der Waals surface area contributed by atoms with Crippen LogP contribution in [0.1, 0.15) is 13.3 Å². The van der Waals surface area contributed by atoms with Crippen molar-refractivity contribution in [2.75, 3.05) is 19.0 Å². The normalized spacial score (nSPS) is 12.9. The molecule has 16 heavy (non-hydrogen) atoms. The molecule has 0 aromatic carbocycles. The van der Waals surface area contributed by atoms with Crippen LogP contribution in [0.3, 0.4) is 0 Å². The lowest BCUT2D eigenvalue weighted by Gasteiger charge is -2.14. The third kappa shape index (κ3) is 2.25. The third-order valence-electron chi connectivity index (χ3n) is 2.26. The molecule has 1 atom stereocenters. The van der Waals surface area contributed by atoms with Crippen molar-refractivity contribution in [1.82, 2.24) is 25.0 Å². The predicted octanol–water partition coefficient (Wildman–Crippen LogP) is 0.356. The highest BCUT2D eigenvalue weighted by molar-refractivity contribution is 5.44. The molecule has 2 aromatic rings. The van der Waals surface area contributed by atoms with Crippen LogP contribution < -0.4 is 5.32 Å². The van der Waals surface area contributed by atoms with Crippen molar-refractivity contribution in [2.45, 2.75) is 19.4 Å². The summed E-state index contributed by atoms with van der Waals surface area (Å²) in [6, 6.07) is 0.275. The number of ether oxygens (including phenoxy) is 1. The van der Waals surface area contributed by atoms with Crippen LogP contribution in [-0.2, 0) is 4.74 Å². The van der Waals surface area contributed by atoms with Gasteiger partial charge in [0.05, 0.1) is 12.4 Å². The summed E-state index contributed by atoms with van der Waals surface area (Å²) in [4.78, 5) is 4.06. The molecule has 0 spiro atoms. The molecule has 0 saturated carbocycles. The van der Waals surface area contributed by atoms with E-state index in [0.29, 0.717) is 12.3 Å². The van der Waals surface area contributed by atoms with Gasteiger partial charge in [-0.15, -0.1) is 5.10 Å². The van der Waals surface area contributed by atoms with Crippen LogP contribution in [-0.4, -0.2) is 44.8 Å². The maximum atomic E-state index is 5.02. The Morgan fingerprint density at radius 1 is 1.50 bits per heavy atom. The molecule has 2 heterocycles. The Balaban J connectivity index is 2.11. The molecular weight excluding hydrogens is 208 g/mol. The zero-order valence-electron chi connectivity index (χ0n) is 9.29. The first-order valence-corrected chi connectivity index (χ1v) is 5.09. The molecule has 0 amide bonds. The molecule has 0 aliphatic rings. The molecule has 2 rings (SSSR count). The van der Waals surface area contributed by atoms with Gasteiger partial charge in [-0.25, -0.2) is 0 Å². The molecular formula is C9H14N6O. The van der Waals surface area contributed by atoms with Crippen LogP contribution in [0.25, 0.3) is 5.65 Å². The van der Waals surface area contributed by atoms with Crippen molar-refractivity contribution in [2.24, 2.45) is 0 Å². The average molecular weight is 222 g/mol. The second kappa shape index (κ2) is 4.84. The SMILES string of the molecule is COCCC(C)Nc1cncc2nnnn12. The summed E-state index contributed by atoms with van der Waals surface area (Å²) in [7, 11) is 1.69. The summed E-state index contributed by atoms with van der Waals surface area (Å²) < 4.78 is 6.64. The van der Waals surface area contributed by atoms with Crippen molar-refractivity contribution in [3.63, 3.8) is 0 Å². The smallest absolute Gasteiger partial charge is 0.199 e. The quantitative estimate of drug-likeness (QED) is 0.786. The van der Waals surface area contributed by atoms with Gasteiger partial charge in [-0.05, 0) is 23.8 Å². The number of methoxy groups -OCH3 is 1. The van der Waals surface area contributed by atoms with Gasteiger partial charge < -0.3 is 10.1 Å². The van der Waals surface area contributed by atoms with Gasteiger partial charge in [-0.1, -0.05) is 0 Å². The standard InChI is InChI=1S/C9H14N6O/c1-7(3-4-16-2)11-8-5-10-6-9-12-13-14-15(8)9/h5-7,11H,3-4H2,1-2H3. The first-order chi connectivity index (χ1) is 7.81. The van der Waals surface area contributed by atoms with Gasteiger partial charge in [-0.3, -0.25) is 4.98 Å². The zero-order chi connectivity index (χ0) is 11.4. The molecule has 0 aliphatic carbocycles. The van der Waals surface area contributed by atoms with Crippen molar-refractivity contribution in [1.29, 1.82) is 0 Å². The summed E-state index contributed by atoms with van der Waals surface area (Å²) in [6.45, 7) is 2.79. The van der Waals surface area contributed by atoms with Gasteiger partial charge in [0.15, 0.2) is 11.5 Å². The Morgan fingerprint density at radius 2 is 2.38 bits per heavy atom. The monoisotopic (exact) mass is 222 g/mol. The van der Waals surface area contributed by atoms with E-state index in [4.69, 9.17) is 4.74 Å². The lowest BCUT2D eigenvalue weighted by atomic mass is 10.2. The number of aromatic nitrogens is 5. The number of hydrogen-bond acceptors (Lipinski definition) is 6. The Kier molecular flexibility index (Phi) is 3.25. The van der Waals surface area contributed by atoms with E-state index in [9.17, 15) is 0 Å².